The standard InChI is InChI=1S/C31H41Cl2NO10/c1-9-39-14-20-23(26(35)41-16-43-28(37)30(3,4)5)22(18-12-11-13-19(32)25(18)33)24(21(34-20)15-40-10-2)27(36)42-17-44-29(38)31(6,7)8/h11-13,22,34H,9-10,14-17H2,1-8H3. The van der Waals surface area contributed by atoms with E-state index in [1.165, 1.54) is 0 Å². The van der Waals surface area contributed by atoms with Crippen LogP contribution >= 0.6 is 23.2 Å². The number of halogens is 2. The van der Waals surface area contributed by atoms with Crippen LogP contribution in [0.1, 0.15) is 66.9 Å². The SMILES string of the molecule is CCOCC1=C(C(=O)OCOC(=O)C(C)(C)C)C(c2cccc(Cl)c2Cl)C(C(=O)OCOC(=O)C(C)(C)C)=C(COCC)N1. The summed E-state index contributed by atoms with van der Waals surface area (Å²) < 4.78 is 32.3. The Morgan fingerprint density at radius 2 is 1.16 bits per heavy atom. The van der Waals surface area contributed by atoms with Gasteiger partial charge in [0.05, 0.1) is 62.5 Å². The zero-order valence-electron chi connectivity index (χ0n) is 26.4. The predicted octanol–water partition coefficient (Wildman–Crippen LogP) is 5.44. The van der Waals surface area contributed by atoms with Crippen LogP contribution in [0, 0.1) is 10.8 Å². The van der Waals surface area contributed by atoms with Gasteiger partial charge >= 0.3 is 23.9 Å². The highest BCUT2D eigenvalue weighted by atomic mass is 35.5. The minimum Gasteiger partial charge on any atom is -0.427 e. The fourth-order valence-corrected chi connectivity index (χ4v) is 4.26. The van der Waals surface area contributed by atoms with Gasteiger partial charge in [-0.25, -0.2) is 9.59 Å². The molecule has 1 N–H and O–H groups in total. The van der Waals surface area contributed by atoms with Crippen LogP contribution in [0.2, 0.25) is 10.0 Å². The number of rotatable bonds is 13. The topological polar surface area (TPSA) is 136 Å². The third kappa shape index (κ3) is 9.95. The number of carbonyl (C=O) groups is 4. The molecule has 0 saturated heterocycles. The predicted molar refractivity (Wildman–Crippen MR) is 162 cm³/mol. The Kier molecular flexibility index (Phi) is 13.7. The van der Waals surface area contributed by atoms with Crippen molar-refractivity contribution in [2.45, 2.75) is 61.3 Å². The lowest BCUT2D eigenvalue weighted by Crippen LogP contribution is -2.37. The van der Waals surface area contributed by atoms with Crippen LogP contribution in [0.25, 0.3) is 0 Å². The number of ether oxygens (including phenoxy) is 6. The number of dihydropyridines is 1. The van der Waals surface area contributed by atoms with E-state index in [1.54, 1.807) is 73.6 Å². The molecule has 0 atom stereocenters. The van der Waals surface area contributed by atoms with E-state index in [2.05, 4.69) is 5.32 Å². The van der Waals surface area contributed by atoms with Gasteiger partial charge in [0.1, 0.15) is 0 Å². The van der Waals surface area contributed by atoms with Crippen LogP contribution in [-0.4, -0.2) is 63.9 Å². The maximum Gasteiger partial charge on any atom is 0.339 e. The van der Waals surface area contributed by atoms with Crippen LogP contribution in [-0.2, 0) is 47.6 Å². The van der Waals surface area contributed by atoms with E-state index in [4.69, 9.17) is 51.6 Å². The van der Waals surface area contributed by atoms with E-state index in [-0.39, 0.29) is 51.4 Å². The van der Waals surface area contributed by atoms with Crippen molar-refractivity contribution in [1.29, 1.82) is 0 Å². The Bertz CT molecular complexity index is 1220. The van der Waals surface area contributed by atoms with Gasteiger partial charge in [0.15, 0.2) is 0 Å². The summed E-state index contributed by atoms with van der Waals surface area (Å²) in [7, 11) is 0. The lowest BCUT2D eigenvalue weighted by Gasteiger charge is -2.33. The first-order chi connectivity index (χ1) is 20.5. The van der Waals surface area contributed by atoms with E-state index in [0.717, 1.165) is 0 Å². The molecule has 1 aromatic carbocycles. The van der Waals surface area contributed by atoms with Gasteiger partial charge < -0.3 is 33.7 Å². The van der Waals surface area contributed by atoms with Gasteiger partial charge in [-0.15, -0.1) is 0 Å². The maximum absolute atomic E-state index is 13.8. The molecule has 0 aliphatic carbocycles. The minimum atomic E-state index is -1.20. The lowest BCUT2D eigenvalue weighted by atomic mass is 9.80. The largest absolute Gasteiger partial charge is 0.427 e. The van der Waals surface area contributed by atoms with Crippen molar-refractivity contribution < 1.29 is 47.6 Å². The normalized spacial score (nSPS) is 14.2. The molecule has 0 aromatic heterocycles. The maximum atomic E-state index is 13.8. The van der Waals surface area contributed by atoms with Gasteiger partial charge in [-0.05, 0) is 67.0 Å². The zero-order valence-corrected chi connectivity index (χ0v) is 27.9. The monoisotopic (exact) mass is 657 g/mol. The van der Waals surface area contributed by atoms with Crippen molar-refractivity contribution in [3.05, 3.63) is 56.3 Å². The fraction of sp³-hybridized carbons (Fsp3) is 0.548. The second kappa shape index (κ2) is 16.3. The van der Waals surface area contributed by atoms with Gasteiger partial charge in [-0.2, -0.15) is 0 Å². The van der Waals surface area contributed by atoms with Crippen LogP contribution in [0.3, 0.4) is 0 Å². The molecule has 0 fully saturated rings. The second-order valence-corrected chi connectivity index (χ2v) is 12.5. The minimum absolute atomic E-state index is 0.0618. The summed E-state index contributed by atoms with van der Waals surface area (Å²) in [5, 5.41) is 3.32. The first-order valence-electron chi connectivity index (χ1n) is 14.1. The van der Waals surface area contributed by atoms with E-state index in [0.29, 0.717) is 13.2 Å². The molecule has 0 bridgehead atoms. The summed E-state index contributed by atoms with van der Waals surface area (Å²) in [6, 6.07) is 4.76. The number of benzene rings is 1. The highest BCUT2D eigenvalue weighted by Gasteiger charge is 2.41. The van der Waals surface area contributed by atoms with Gasteiger partial charge in [0, 0.05) is 13.2 Å². The first-order valence-corrected chi connectivity index (χ1v) is 14.8. The molecule has 11 nitrogen and oxygen atoms in total. The van der Waals surface area contributed by atoms with E-state index in [1.807, 2.05) is 0 Å². The highest BCUT2D eigenvalue weighted by molar-refractivity contribution is 6.42. The Balaban J connectivity index is 2.67. The molecule has 44 heavy (non-hydrogen) atoms. The number of nitrogens with one attached hydrogen (secondary N) is 1. The molecule has 244 valence electrons. The molecule has 2 rings (SSSR count). The molecule has 1 aliphatic rings. The first kappa shape index (κ1) is 37.1. The van der Waals surface area contributed by atoms with Crippen molar-refractivity contribution in [2.24, 2.45) is 10.8 Å². The second-order valence-electron chi connectivity index (χ2n) is 11.7. The summed E-state index contributed by atoms with van der Waals surface area (Å²) in [5.74, 6) is -4.22. The summed E-state index contributed by atoms with van der Waals surface area (Å²) in [5.41, 5.74) is -1.00. The Morgan fingerprint density at radius 1 is 0.727 bits per heavy atom. The molecule has 0 spiro atoms. The third-order valence-corrected chi connectivity index (χ3v) is 6.98. The molecular weight excluding hydrogens is 617 g/mol. The molecule has 0 radical (unpaired) electrons. The summed E-state index contributed by atoms with van der Waals surface area (Å²) in [6.07, 6.45) is 0. The van der Waals surface area contributed by atoms with Crippen LogP contribution in [0.5, 0.6) is 0 Å². The zero-order chi connectivity index (χ0) is 33.2. The van der Waals surface area contributed by atoms with Crippen molar-refractivity contribution in [3.63, 3.8) is 0 Å². The summed E-state index contributed by atoms with van der Waals surface area (Å²) in [6.45, 7) is 12.6. The Morgan fingerprint density at radius 3 is 1.55 bits per heavy atom. The smallest absolute Gasteiger partial charge is 0.339 e. The summed E-state index contributed by atoms with van der Waals surface area (Å²) in [4.78, 5) is 52.1. The van der Waals surface area contributed by atoms with Crippen LogP contribution in [0.15, 0.2) is 40.7 Å². The Hall–Kier alpha value is -3.12. The number of hydrogen-bond acceptors (Lipinski definition) is 11. The third-order valence-electron chi connectivity index (χ3n) is 6.15. The van der Waals surface area contributed by atoms with Crippen LogP contribution in [0.4, 0.5) is 0 Å². The molecule has 13 heteroatoms. The molecule has 1 heterocycles. The highest BCUT2D eigenvalue weighted by Crippen LogP contribution is 2.44. The molecular formula is C31H41Cl2NO10. The van der Waals surface area contributed by atoms with E-state index < -0.39 is 54.2 Å². The molecule has 0 amide bonds. The van der Waals surface area contributed by atoms with Crippen molar-refractivity contribution in [2.75, 3.05) is 40.0 Å². The van der Waals surface area contributed by atoms with Crippen molar-refractivity contribution >= 4 is 47.1 Å². The summed E-state index contributed by atoms with van der Waals surface area (Å²) >= 11 is 13.0. The number of carbonyl (C=O) groups excluding carboxylic acids is 4. The van der Waals surface area contributed by atoms with Crippen molar-refractivity contribution in [1.82, 2.24) is 5.32 Å². The van der Waals surface area contributed by atoms with Gasteiger partial charge in [-0.1, -0.05) is 35.3 Å². The van der Waals surface area contributed by atoms with Gasteiger partial charge in [-0.3, -0.25) is 9.59 Å². The van der Waals surface area contributed by atoms with Crippen LogP contribution < -0.4 is 5.32 Å². The average Bonchev–Trinajstić information content (AvgIpc) is 2.94. The van der Waals surface area contributed by atoms with Crippen molar-refractivity contribution in [3.8, 4) is 0 Å². The number of esters is 4. The van der Waals surface area contributed by atoms with Gasteiger partial charge in [0.25, 0.3) is 0 Å². The average molecular weight is 659 g/mol. The number of hydrogen-bond donors (Lipinski definition) is 1. The quantitative estimate of drug-likeness (QED) is 0.214. The Labute approximate surface area is 268 Å². The molecule has 1 aromatic rings. The molecule has 0 unspecified atom stereocenters. The molecule has 1 aliphatic heterocycles. The fourth-order valence-electron chi connectivity index (χ4n) is 3.84. The van der Waals surface area contributed by atoms with E-state index >= 15 is 0 Å². The van der Waals surface area contributed by atoms with Gasteiger partial charge in [0.2, 0.25) is 13.6 Å². The van der Waals surface area contributed by atoms with E-state index in [9.17, 15) is 19.2 Å². The lowest BCUT2D eigenvalue weighted by molar-refractivity contribution is -0.172. The molecule has 0 saturated carbocycles.